The van der Waals surface area contributed by atoms with Crippen LogP contribution in [0.3, 0.4) is 0 Å². The van der Waals surface area contributed by atoms with Crippen LogP contribution in [0.4, 0.5) is 24.5 Å². The zero-order valence-electron chi connectivity index (χ0n) is 16.2. The van der Waals surface area contributed by atoms with Gasteiger partial charge in [0.15, 0.2) is 9.84 Å². The highest BCUT2D eigenvalue weighted by Crippen LogP contribution is 2.34. The maximum atomic E-state index is 12.7. The number of benzene rings is 2. The maximum Gasteiger partial charge on any atom is 0.416 e. The van der Waals surface area contributed by atoms with Crippen molar-refractivity contribution < 1.29 is 31.3 Å². The first kappa shape index (κ1) is 24.1. The zero-order valence-corrected chi connectivity index (χ0v) is 17.0. The topological polar surface area (TPSA) is 118 Å². The molecule has 0 unspecified atom stereocenters. The molecule has 2 aromatic rings. The van der Waals surface area contributed by atoms with Gasteiger partial charge in [-0.25, -0.2) is 8.42 Å². The number of halogens is 3. The van der Waals surface area contributed by atoms with Crippen molar-refractivity contribution in [2.75, 3.05) is 24.2 Å². The quantitative estimate of drug-likeness (QED) is 0.319. The SMILES string of the molecule is O=C(CCNc1ccc(C(F)(F)F)cc1[N+](=O)[O-])NCCCS(=O)(=O)c1ccccc1. The molecule has 0 atom stereocenters. The van der Waals surface area contributed by atoms with Crippen molar-refractivity contribution >= 4 is 27.1 Å². The van der Waals surface area contributed by atoms with Gasteiger partial charge in [-0.15, -0.1) is 0 Å². The molecule has 168 valence electrons. The van der Waals surface area contributed by atoms with E-state index in [9.17, 15) is 36.5 Å². The number of carbonyl (C=O) groups excluding carboxylic acids is 1. The molecule has 2 rings (SSSR count). The van der Waals surface area contributed by atoms with Crippen LogP contribution in [0.1, 0.15) is 18.4 Å². The lowest BCUT2D eigenvalue weighted by molar-refractivity contribution is -0.384. The number of hydrogen-bond acceptors (Lipinski definition) is 6. The third-order valence-corrected chi connectivity index (χ3v) is 6.02. The van der Waals surface area contributed by atoms with E-state index in [1.54, 1.807) is 18.2 Å². The summed E-state index contributed by atoms with van der Waals surface area (Å²) < 4.78 is 62.4. The molecule has 0 radical (unpaired) electrons. The van der Waals surface area contributed by atoms with Gasteiger partial charge in [0.25, 0.3) is 5.69 Å². The molecule has 0 aliphatic rings. The van der Waals surface area contributed by atoms with Crippen LogP contribution >= 0.6 is 0 Å². The molecule has 0 saturated carbocycles. The molecule has 0 bridgehead atoms. The summed E-state index contributed by atoms with van der Waals surface area (Å²) in [5.74, 6) is -0.577. The van der Waals surface area contributed by atoms with Gasteiger partial charge in [0, 0.05) is 25.6 Å². The van der Waals surface area contributed by atoms with E-state index in [1.807, 2.05) is 0 Å². The predicted octanol–water partition coefficient (Wildman–Crippen LogP) is 3.40. The number of nitro benzene ring substituents is 1. The van der Waals surface area contributed by atoms with Gasteiger partial charge < -0.3 is 10.6 Å². The Morgan fingerprint density at radius 3 is 2.35 bits per heavy atom. The van der Waals surface area contributed by atoms with Crippen molar-refractivity contribution in [2.24, 2.45) is 0 Å². The fourth-order valence-corrected chi connectivity index (χ4v) is 3.98. The molecule has 2 aromatic carbocycles. The smallest absolute Gasteiger partial charge is 0.379 e. The Bertz CT molecular complexity index is 1030. The fourth-order valence-electron chi connectivity index (χ4n) is 2.64. The number of nitrogens with zero attached hydrogens (tertiary/aromatic N) is 1. The van der Waals surface area contributed by atoms with Crippen LogP contribution in [-0.2, 0) is 20.8 Å². The minimum Gasteiger partial charge on any atom is -0.379 e. The van der Waals surface area contributed by atoms with Crippen LogP contribution in [0.2, 0.25) is 0 Å². The predicted molar refractivity (Wildman–Crippen MR) is 107 cm³/mol. The van der Waals surface area contributed by atoms with Gasteiger partial charge in [-0.2, -0.15) is 13.2 Å². The Labute approximate surface area is 176 Å². The molecule has 12 heteroatoms. The van der Waals surface area contributed by atoms with E-state index in [4.69, 9.17) is 0 Å². The second-order valence-electron chi connectivity index (χ2n) is 6.50. The molecule has 0 heterocycles. The van der Waals surface area contributed by atoms with E-state index in [0.29, 0.717) is 12.1 Å². The van der Waals surface area contributed by atoms with Gasteiger partial charge in [0.1, 0.15) is 5.69 Å². The van der Waals surface area contributed by atoms with Crippen LogP contribution in [0.25, 0.3) is 0 Å². The molecular weight excluding hydrogens is 439 g/mol. The minimum atomic E-state index is -4.71. The summed E-state index contributed by atoms with van der Waals surface area (Å²) in [7, 11) is -3.45. The minimum absolute atomic E-state index is 0.0552. The van der Waals surface area contributed by atoms with Gasteiger partial charge in [-0.1, -0.05) is 18.2 Å². The summed E-state index contributed by atoms with van der Waals surface area (Å²) in [6.07, 6.45) is -4.62. The average Bonchev–Trinajstić information content (AvgIpc) is 2.71. The largest absolute Gasteiger partial charge is 0.416 e. The van der Waals surface area contributed by atoms with E-state index in [-0.39, 0.29) is 42.3 Å². The maximum absolute atomic E-state index is 12.7. The van der Waals surface area contributed by atoms with Gasteiger partial charge in [0.05, 0.1) is 21.1 Å². The monoisotopic (exact) mass is 459 g/mol. The Morgan fingerprint density at radius 1 is 1.06 bits per heavy atom. The highest BCUT2D eigenvalue weighted by molar-refractivity contribution is 7.91. The van der Waals surface area contributed by atoms with Crippen molar-refractivity contribution in [1.82, 2.24) is 5.32 Å². The first-order valence-corrected chi connectivity index (χ1v) is 10.8. The lowest BCUT2D eigenvalue weighted by atomic mass is 10.1. The molecule has 1 amide bonds. The highest BCUT2D eigenvalue weighted by Gasteiger charge is 2.33. The van der Waals surface area contributed by atoms with Crippen molar-refractivity contribution in [2.45, 2.75) is 23.9 Å². The van der Waals surface area contributed by atoms with E-state index in [0.717, 1.165) is 6.07 Å². The van der Waals surface area contributed by atoms with Crippen molar-refractivity contribution in [3.63, 3.8) is 0 Å². The summed E-state index contributed by atoms with van der Waals surface area (Å²) in [5.41, 5.74) is -2.03. The highest BCUT2D eigenvalue weighted by atomic mass is 32.2. The lowest BCUT2D eigenvalue weighted by Gasteiger charge is -2.11. The summed E-state index contributed by atoms with van der Waals surface area (Å²) in [5, 5.41) is 16.1. The zero-order chi connectivity index (χ0) is 23.1. The number of amides is 1. The fraction of sp³-hybridized carbons (Fsp3) is 0.316. The number of hydrogen-bond donors (Lipinski definition) is 2. The van der Waals surface area contributed by atoms with Gasteiger partial charge >= 0.3 is 6.18 Å². The summed E-state index contributed by atoms with van der Waals surface area (Å²) in [6.45, 7) is 0.0612. The summed E-state index contributed by atoms with van der Waals surface area (Å²) >= 11 is 0. The van der Waals surface area contributed by atoms with E-state index in [1.165, 1.54) is 12.1 Å². The molecular formula is C19H20F3N3O5S. The molecule has 2 N–H and O–H groups in total. The van der Waals surface area contributed by atoms with Crippen LogP contribution in [-0.4, -0.2) is 38.1 Å². The lowest BCUT2D eigenvalue weighted by Crippen LogP contribution is -2.27. The number of alkyl halides is 3. The molecule has 31 heavy (non-hydrogen) atoms. The number of carbonyl (C=O) groups is 1. The third-order valence-electron chi connectivity index (χ3n) is 4.20. The molecule has 0 aromatic heterocycles. The molecule has 0 fully saturated rings. The first-order chi connectivity index (χ1) is 14.5. The second kappa shape index (κ2) is 10.2. The van der Waals surface area contributed by atoms with Crippen LogP contribution in [0.15, 0.2) is 53.4 Å². The number of sulfone groups is 1. The van der Waals surface area contributed by atoms with Crippen molar-refractivity contribution in [3.05, 3.63) is 64.2 Å². The third kappa shape index (κ3) is 7.24. The first-order valence-electron chi connectivity index (χ1n) is 9.15. The number of rotatable bonds is 10. The number of anilines is 1. The standard InChI is InChI=1S/C19H20F3N3O5S/c20-19(21,22)14-7-8-16(17(13-14)25(27)28)23-11-9-18(26)24-10-4-12-31(29,30)15-5-2-1-3-6-15/h1-3,5-8,13,23H,4,9-12H2,(H,24,26). The molecule has 8 nitrogen and oxygen atoms in total. The molecule has 0 saturated heterocycles. The van der Waals surface area contributed by atoms with Crippen LogP contribution in [0, 0.1) is 10.1 Å². The average molecular weight is 459 g/mol. The second-order valence-corrected chi connectivity index (χ2v) is 8.61. The van der Waals surface area contributed by atoms with E-state index in [2.05, 4.69) is 10.6 Å². The molecule has 0 aliphatic carbocycles. The Hall–Kier alpha value is -3.15. The Balaban J connectivity index is 1.79. The molecule has 0 spiro atoms. The Kier molecular flexibility index (Phi) is 7.97. The van der Waals surface area contributed by atoms with Gasteiger partial charge in [0.2, 0.25) is 5.91 Å². The normalized spacial score (nSPS) is 11.7. The number of nitro groups is 1. The van der Waals surface area contributed by atoms with Gasteiger partial charge in [-0.05, 0) is 30.7 Å². The van der Waals surface area contributed by atoms with E-state index >= 15 is 0 Å². The summed E-state index contributed by atoms with van der Waals surface area (Å²) in [4.78, 5) is 22.1. The van der Waals surface area contributed by atoms with Crippen LogP contribution in [0.5, 0.6) is 0 Å². The number of nitrogens with one attached hydrogen (secondary N) is 2. The van der Waals surface area contributed by atoms with E-state index < -0.39 is 38.1 Å². The van der Waals surface area contributed by atoms with Crippen molar-refractivity contribution in [1.29, 1.82) is 0 Å². The van der Waals surface area contributed by atoms with Crippen molar-refractivity contribution in [3.8, 4) is 0 Å². The van der Waals surface area contributed by atoms with Crippen LogP contribution < -0.4 is 10.6 Å². The van der Waals surface area contributed by atoms with Gasteiger partial charge in [-0.3, -0.25) is 14.9 Å². The molecule has 0 aliphatic heterocycles. The summed E-state index contributed by atoms with van der Waals surface area (Å²) in [6, 6.07) is 9.98. The Morgan fingerprint density at radius 2 is 1.74 bits per heavy atom.